The normalized spacial score (nSPS) is 13.3. The van der Waals surface area contributed by atoms with Crippen molar-refractivity contribution < 1.29 is 47.5 Å². The fourth-order valence-corrected chi connectivity index (χ4v) is 4.70. The summed E-state index contributed by atoms with van der Waals surface area (Å²) in [7, 11) is -4.84. The summed E-state index contributed by atoms with van der Waals surface area (Å²) in [5.74, 6) is -5.45. The number of hydrogen-bond donors (Lipinski definition) is 5. The van der Waals surface area contributed by atoms with E-state index >= 15 is 0 Å². The first-order valence-corrected chi connectivity index (χ1v) is 15.0. The highest BCUT2D eigenvalue weighted by molar-refractivity contribution is 7.87. The van der Waals surface area contributed by atoms with E-state index in [1.165, 1.54) is 51.1 Å². The van der Waals surface area contributed by atoms with Crippen molar-refractivity contribution in [3.63, 3.8) is 0 Å². The van der Waals surface area contributed by atoms with Crippen LogP contribution in [-0.2, 0) is 29.3 Å². The lowest BCUT2D eigenvalue weighted by Gasteiger charge is -2.09. The summed E-state index contributed by atoms with van der Waals surface area (Å²) in [6, 6.07) is 0. The molecule has 0 aromatic carbocycles. The summed E-state index contributed by atoms with van der Waals surface area (Å²) in [4.78, 5) is 44.1. The second kappa shape index (κ2) is 21.5. The highest BCUT2D eigenvalue weighted by Crippen LogP contribution is 2.17. The second-order valence-corrected chi connectivity index (χ2v) is 11.3. The van der Waals surface area contributed by atoms with E-state index in [4.69, 9.17) is 19.9 Å². The van der Waals surface area contributed by atoms with Gasteiger partial charge in [0.05, 0.1) is 18.8 Å². The topological polar surface area (TPSA) is 195 Å². The van der Waals surface area contributed by atoms with E-state index in [1.54, 1.807) is 6.08 Å². The van der Waals surface area contributed by atoms with Crippen molar-refractivity contribution in [3.05, 3.63) is 12.3 Å². The van der Waals surface area contributed by atoms with Gasteiger partial charge in [-0.15, -0.1) is 0 Å². The Labute approximate surface area is 225 Å². The Hall–Kier alpha value is -2.47. The van der Waals surface area contributed by atoms with Crippen LogP contribution in [0.25, 0.3) is 0 Å². The molecule has 11 nitrogen and oxygen atoms in total. The monoisotopic (exact) mass is 563 g/mol. The summed E-state index contributed by atoms with van der Waals surface area (Å²) in [5, 5.41) is 26.7. The molecule has 0 saturated carbocycles. The van der Waals surface area contributed by atoms with Gasteiger partial charge in [-0.25, -0.2) is 0 Å². The minimum atomic E-state index is -4.84. The first kappa shape index (κ1) is 35.5. The number of carboxylic acid groups (broad SMARTS) is 3. The van der Waals surface area contributed by atoms with Gasteiger partial charge >= 0.3 is 17.9 Å². The molecule has 38 heavy (non-hydrogen) atoms. The van der Waals surface area contributed by atoms with Gasteiger partial charge in [0.15, 0.2) is 5.25 Å². The molecule has 12 heteroatoms. The van der Waals surface area contributed by atoms with Crippen molar-refractivity contribution in [1.29, 1.82) is 0 Å². The molecule has 5 N–H and O–H groups in total. The number of hydrogen-bond acceptors (Lipinski definition) is 6. The number of allylic oxidation sites excluding steroid dienone is 1. The maximum atomic E-state index is 11.6. The van der Waals surface area contributed by atoms with Gasteiger partial charge < -0.3 is 20.6 Å². The average Bonchev–Trinajstić information content (AvgIpc) is 2.81. The average molecular weight is 564 g/mol. The van der Waals surface area contributed by atoms with E-state index in [9.17, 15) is 27.6 Å². The van der Waals surface area contributed by atoms with Gasteiger partial charge in [-0.2, -0.15) is 8.42 Å². The molecule has 0 rings (SSSR count). The summed E-state index contributed by atoms with van der Waals surface area (Å²) in [5.41, 5.74) is 0. The van der Waals surface area contributed by atoms with Gasteiger partial charge in [-0.3, -0.25) is 23.7 Å². The molecular weight excluding hydrogens is 518 g/mol. The number of aliphatic carboxylic acids is 3. The molecular formula is C26H45NO10S. The van der Waals surface area contributed by atoms with Crippen LogP contribution in [0.15, 0.2) is 12.3 Å². The standard InChI is InChI=1S/C26H45NO10S/c28-23(20-22(26(33)34)38(35,36)37)27-18-16-14-12-10-8-6-4-2-1-3-5-7-9-11-13-15-17-21(25(31)32)19-24(29)30/h16,18,21-22H,1-15,17,19-20H2,(H,27,28)(H,29,30)(H,31,32)(H,33,34)(H,35,36,37). The molecule has 0 aliphatic carbocycles. The van der Waals surface area contributed by atoms with Crippen LogP contribution in [0.1, 0.15) is 116 Å². The fourth-order valence-electron chi connectivity index (χ4n) is 4.08. The number of nitrogens with one attached hydrogen (secondary N) is 1. The van der Waals surface area contributed by atoms with Crippen LogP contribution in [0.3, 0.4) is 0 Å². The van der Waals surface area contributed by atoms with E-state index in [0.29, 0.717) is 6.42 Å². The highest BCUT2D eigenvalue weighted by atomic mass is 32.2. The van der Waals surface area contributed by atoms with E-state index in [2.05, 4.69) is 5.32 Å². The minimum absolute atomic E-state index is 0.307. The van der Waals surface area contributed by atoms with Crippen LogP contribution in [0, 0.1) is 5.92 Å². The zero-order valence-corrected chi connectivity index (χ0v) is 23.0. The van der Waals surface area contributed by atoms with Crippen molar-refractivity contribution in [3.8, 4) is 0 Å². The van der Waals surface area contributed by atoms with Crippen LogP contribution in [0.2, 0.25) is 0 Å². The van der Waals surface area contributed by atoms with Crippen molar-refractivity contribution in [2.45, 2.75) is 121 Å². The molecule has 0 radical (unpaired) electrons. The quantitative estimate of drug-likeness (QED) is 0.0762. The van der Waals surface area contributed by atoms with E-state index < -0.39 is 51.5 Å². The summed E-state index contributed by atoms with van der Waals surface area (Å²) in [6.45, 7) is 0. The molecule has 220 valence electrons. The van der Waals surface area contributed by atoms with Gasteiger partial charge in [-0.1, -0.05) is 89.5 Å². The maximum absolute atomic E-state index is 11.6. The lowest BCUT2D eigenvalue weighted by molar-refractivity contribution is -0.148. The van der Waals surface area contributed by atoms with Crippen LogP contribution < -0.4 is 5.32 Å². The number of unbranched alkanes of at least 4 members (excludes halogenated alkanes) is 14. The van der Waals surface area contributed by atoms with Gasteiger partial charge in [-0.05, 0) is 25.5 Å². The Bertz CT molecular complexity index is 841. The van der Waals surface area contributed by atoms with E-state index in [-0.39, 0.29) is 6.42 Å². The second-order valence-electron chi connectivity index (χ2n) is 9.68. The molecule has 0 fully saturated rings. The Kier molecular flexibility index (Phi) is 20.1. The van der Waals surface area contributed by atoms with Crippen LogP contribution in [0.5, 0.6) is 0 Å². The zero-order chi connectivity index (χ0) is 28.8. The smallest absolute Gasteiger partial charge is 0.324 e. The molecule has 2 unspecified atom stereocenters. The predicted octanol–water partition coefficient (Wildman–Crippen LogP) is 4.76. The number of amides is 1. The Morgan fingerprint density at radius 1 is 0.658 bits per heavy atom. The van der Waals surface area contributed by atoms with Crippen molar-refractivity contribution in [1.82, 2.24) is 5.32 Å². The lowest BCUT2D eigenvalue weighted by atomic mass is 9.97. The molecule has 2 atom stereocenters. The third kappa shape index (κ3) is 20.6. The third-order valence-corrected chi connectivity index (χ3v) is 7.40. The molecule has 0 aliphatic heterocycles. The van der Waals surface area contributed by atoms with Crippen LogP contribution in [0.4, 0.5) is 0 Å². The summed E-state index contributed by atoms with van der Waals surface area (Å²) >= 11 is 0. The Morgan fingerprint density at radius 3 is 1.50 bits per heavy atom. The fraction of sp³-hybridized carbons (Fsp3) is 0.769. The third-order valence-electron chi connectivity index (χ3n) is 6.31. The maximum Gasteiger partial charge on any atom is 0.324 e. The molecule has 0 bridgehead atoms. The van der Waals surface area contributed by atoms with E-state index in [1.807, 2.05) is 0 Å². The Balaban J connectivity index is 3.53. The number of carbonyl (C=O) groups is 4. The summed E-state index contributed by atoms with van der Waals surface area (Å²) in [6.07, 6.45) is 18.5. The molecule has 0 aliphatic rings. The van der Waals surface area contributed by atoms with Crippen LogP contribution in [-0.4, -0.2) is 57.4 Å². The molecule has 0 spiro atoms. The predicted molar refractivity (Wildman–Crippen MR) is 142 cm³/mol. The zero-order valence-electron chi connectivity index (χ0n) is 22.2. The number of rotatable bonds is 25. The number of carboxylic acids is 3. The molecule has 0 aromatic rings. The molecule has 1 amide bonds. The van der Waals surface area contributed by atoms with Gasteiger partial charge in [0, 0.05) is 0 Å². The molecule has 0 heterocycles. The lowest BCUT2D eigenvalue weighted by Crippen LogP contribution is -2.35. The SMILES string of the molecule is O=C(O)CC(CCCCCCCCCCCCCCCCC=CNC(=O)CC(C(=O)O)S(=O)(=O)O)C(=O)O. The highest BCUT2D eigenvalue weighted by Gasteiger charge is 2.33. The van der Waals surface area contributed by atoms with Crippen molar-refractivity contribution in [2.75, 3.05) is 0 Å². The molecule has 0 aromatic heterocycles. The molecule has 0 saturated heterocycles. The largest absolute Gasteiger partial charge is 0.481 e. The van der Waals surface area contributed by atoms with Crippen LogP contribution >= 0.6 is 0 Å². The number of carbonyl (C=O) groups excluding carboxylic acids is 1. The van der Waals surface area contributed by atoms with E-state index in [0.717, 1.165) is 51.4 Å². The van der Waals surface area contributed by atoms with Crippen molar-refractivity contribution in [2.24, 2.45) is 5.92 Å². The minimum Gasteiger partial charge on any atom is -0.481 e. The van der Waals surface area contributed by atoms with Crippen molar-refractivity contribution >= 4 is 33.9 Å². The van der Waals surface area contributed by atoms with Gasteiger partial charge in [0.2, 0.25) is 5.91 Å². The van der Waals surface area contributed by atoms with Gasteiger partial charge in [0.1, 0.15) is 0 Å². The first-order chi connectivity index (χ1) is 17.9. The first-order valence-electron chi connectivity index (χ1n) is 13.5. The Morgan fingerprint density at radius 2 is 1.11 bits per heavy atom. The summed E-state index contributed by atoms with van der Waals surface area (Å²) < 4.78 is 30.7. The van der Waals surface area contributed by atoms with Gasteiger partial charge in [0.25, 0.3) is 10.1 Å².